The minimum Gasteiger partial charge on any atom is -0.460 e. The number of piperidine rings is 1. The van der Waals surface area contributed by atoms with Gasteiger partial charge >= 0.3 is 6.01 Å². The molecule has 9 heteroatoms. The number of anilines is 1. The highest BCUT2D eigenvalue weighted by Gasteiger charge is 2.29. The smallest absolute Gasteiger partial charge is 0.316 e. The first kappa shape index (κ1) is 16.6. The van der Waals surface area contributed by atoms with Crippen LogP contribution in [0.5, 0.6) is 6.01 Å². The monoisotopic (exact) mass is 383 g/mol. The maximum Gasteiger partial charge on any atom is 0.316 e. The molecule has 1 aliphatic heterocycles. The van der Waals surface area contributed by atoms with Gasteiger partial charge in [-0.05, 0) is 12.8 Å². The summed E-state index contributed by atoms with van der Waals surface area (Å²) in [5, 5.41) is 5.22. The van der Waals surface area contributed by atoms with Gasteiger partial charge in [0.15, 0.2) is 0 Å². The molecule has 0 spiro atoms. The number of hydrogen-bond acceptors (Lipinski definition) is 8. The van der Waals surface area contributed by atoms with Gasteiger partial charge in [-0.1, -0.05) is 0 Å². The van der Waals surface area contributed by atoms with E-state index in [0.717, 1.165) is 48.0 Å². The van der Waals surface area contributed by atoms with E-state index in [1.54, 1.807) is 23.3 Å². The molecule has 1 saturated heterocycles. The van der Waals surface area contributed by atoms with Crippen molar-refractivity contribution in [2.24, 2.45) is 7.05 Å². The molecule has 0 radical (unpaired) electrons. The highest BCUT2D eigenvalue weighted by Crippen LogP contribution is 2.40. The Balaban J connectivity index is 1.16. The maximum atomic E-state index is 5.99. The van der Waals surface area contributed by atoms with Crippen molar-refractivity contribution in [2.45, 2.75) is 37.7 Å². The third-order valence-corrected chi connectivity index (χ3v) is 5.82. The lowest BCUT2D eigenvalue weighted by Crippen LogP contribution is -2.38. The fourth-order valence-electron chi connectivity index (χ4n) is 3.27. The first-order valence-corrected chi connectivity index (χ1v) is 10.1. The molecular formula is C18H21N7OS. The summed E-state index contributed by atoms with van der Waals surface area (Å²) in [7, 11) is 1.89. The largest absolute Gasteiger partial charge is 0.460 e. The van der Waals surface area contributed by atoms with Gasteiger partial charge in [0.25, 0.3) is 0 Å². The van der Waals surface area contributed by atoms with Crippen LogP contribution in [-0.2, 0) is 7.05 Å². The molecule has 8 nitrogen and oxygen atoms in total. The molecule has 0 unspecified atom stereocenters. The molecule has 0 aromatic carbocycles. The summed E-state index contributed by atoms with van der Waals surface area (Å²) in [6.07, 6.45) is 11.8. The van der Waals surface area contributed by atoms with Gasteiger partial charge in [-0.25, -0.2) is 15.0 Å². The van der Waals surface area contributed by atoms with Crippen molar-refractivity contribution < 1.29 is 4.74 Å². The second-order valence-corrected chi connectivity index (χ2v) is 7.90. The average Bonchev–Trinajstić information content (AvgIpc) is 3.26. The zero-order chi connectivity index (χ0) is 18.2. The van der Waals surface area contributed by atoms with Gasteiger partial charge in [-0.3, -0.25) is 4.68 Å². The lowest BCUT2D eigenvalue weighted by molar-refractivity contribution is 0.156. The fourth-order valence-corrected chi connectivity index (χ4v) is 4.07. The molecule has 1 aliphatic carbocycles. The second kappa shape index (κ2) is 6.88. The number of hydrogen-bond donors (Lipinski definition) is 0. The first-order chi connectivity index (χ1) is 13.2. The van der Waals surface area contributed by atoms with E-state index in [1.807, 2.05) is 13.2 Å². The van der Waals surface area contributed by atoms with Crippen molar-refractivity contribution in [3.63, 3.8) is 0 Å². The Kier molecular flexibility index (Phi) is 4.23. The standard InChI is InChI=1S/C18H21N7OS/c1-24-11-14(10-21-24)13-8-19-17(20-9-13)26-15-4-6-25(7-5-15)18-22-16(23-27-18)12-2-3-12/h8-12,15H,2-7H2,1H3. The quantitative estimate of drug-likeness (QED) is 0.670. The lowest BCUT2D eigenvalue weighted by atomic mass is 10.1. The van der Waals surface area contributed by atoms with Crippen molar-refractivity contribution in [3.8, 4) is 17.1 Å². The summed E-state index contributed by atoms with van der Waals surface area (Å²) in [5.41, 5.74) is 1.94. The van der Waals surface area contributed by atoms with E-state index in [-0.39, 0.29) is 6.10 Å². The van der Waals surface area contributed by atoms with Crippen molar-refractivity contribution >= 4 is 16.7 Å². The SMILES string of the molecule is Cn1cc(-c2cnc(OC3CCN(c4nc(C5CC5)ns4)CC3)nc2)cn1. The van der Waals surface area contributed by atoms with E-state index >= 15 is 0 Å². The summed E-state index contributed by atoms with van der Waals surface area (Å²) >= 11 is 1.52. The van der Waals surface area contributed by atoms with Crippen LogP contribution in [0.4, 0.5) is 5.13 Å². The molecule has 2 fully saturated rings. The number of aromatic nitrogens is 6. The minimum atomic E-state index is 0.140. The number of aryl methyl sites for hydroxylation is 1. The van der Waals surface area contributed by atoms with Gasteiger partial charge in [0.2, 0.25) is 5.13 Å². The van der Waals surface area contributed by atoms with Crippen LogP contribution < -0.4 is 9.64 Å². The molecule has 0 bridgehead atoms. The molecule has 0 N–H and O–H groups in total. The van der Waals surface area contributed by atoms with E-state index in [2.05, 4.69) is 24.3 Å². The molecule has 3 aromatic rings. The lowest BCUT2D eigenvalue weighted by Gasteiger charge is -2.31. The Morgan fingerprint density at radius 1 is 1.04 bits per heavy atom. The Labute approximate surface area is 161 Å². The molecule has 27 heavy (non-hydrogen) atoms. The Bertz CT molecular complexity index is 910. The van der Waals surface area contributed by atoms with Crippen LogP contribution in [0.1, 0.15) is 37.4 Å². The van der Waals surface area contributed by atoms with Crippen LogP contribution in [0.25, 0.3) is 11.1 Å². The van der Waals surface area contributed by atoms with Crippen LogP contribution >= 0.6 is 11.5 Å². The van der Waals surface area contributed by atoms with Crippen LogP contribution in [0, 0.1) is 0 Å². The Morgan fingerprint density at radius 3 is 2.48 bits per heavy atom. The summed E-state index contributed by atoms with van der Waals surface area (Å²) in [5.74, 6) is 1.65. The molecule has 4 heterocycles. The molecule has 5 rings (SSSR count). The van der Waals surface area contributed by atoms with E-state index in [9.17, 15) is 0 Å². The molecule has 140 valence electrons. The predicted octanol–water partition coefficient (Wildman–Crippen LogP) is 2.65. The topological polar surface area (TPSA) is 81.9 Å². The van der Waals surface area contributed by atoms with Gasteiger partial charge in [0, 0.05) is 80.1 Å². The van der Waals surface area contributed by atoms with Crippen molar-refractivity contribution in [1.82, 2.24) is 29.1 Å². The molecule has 0 amide bonds. The third-order valence-electron chi connectivity index (χ3n) is 5.02. The van der Waals surface area contributed by atoms with Crippen molar-refractivity contribution in [2.75, 3.05) is 18.0 Å². The van der Waals surface area contributed by atoms with E-state index in [0.29, 0.717) is 11.9 Å². The fraction of sp³-hybridized carbons (Fsp3) is 0.500. The average molecular weight is 383 g/mol. The minimum absolute atomic E-state index is 0.140. The van der Waals surface area contributed by atoms with Crippen LogP contribution in [0.15, 0.2) is 24.8 Å². The van der Waals surface area contributed by atoms with E-state index < -0.39 is 0 Å². The van der Waals surface area contributed by atoms with Gasteiger partial charge in [0.1, 0.15) is 11.9 Å². The number of nitrogens with zero attached hydrogens (tertiary/aromatic N) is 7. The second-order valence-electron chi connectivity index (χ2n) is 7.17. The Morgan fingerprint density at radius 2 is 1.81 bits per heavy atom. The molecule has 0 atom stereocenters. The van der Waals surface area contributed by atoms with E-state index in [1.165, 1.54) is 24.4 Å². The first-order valence-electron chi connectivity index (χ1n) is 9.31. The third kappa shape index (κ3) is 3.64. The van der Waals surface area contributed by atoms with Gasteiger partial charge in [0.05, 0.1) is 6.20 Å². The number of rotatable bonds is 5. The summed E-state index contributed by atoms with van der Waals surface area (Å²) < 4.78 is 12.3. The summed E-state index contributed by atoms with van der Waals surface area (Å²) in [4.78, 5) is 15.7. The molecule has 3 aromatic heterocycles. The van der Waals surface area contributed by atoms with Gasteiger partial charge < -0.3 is 9.64 Å². The molecule has 2 aliphatic rings. The number of ether oxygens (including phenoxy) is 1. The van der Waals surface area contributed by atoms with Crippen LogP contribution in [0.3, 0.4) is 0 Å². The van der Waals surface area contributed by atoms with E-state index in [4.69, 9.17) is 9.72 Å². The highest BCUT2D eigenvalue weighted by atomic mass is 32.1. The Hall–Kier alpha value is -2.55. The zero-order valence-corrected chi connectivity index (χ0v) is 16.0. The van der Waals surface area contributed by atoms with Crippen LogP contribution in [0.2, 0.25) is 0 Å². The molecule has 1 saturated carbocycles. The zero-order valence-electron chi connectivity index (χ0n) is 15.2. The van der Waals surface area contributed by atoms with Crippen LogP contribution in [-0.4, -0.2) is 48.3 Å². The van der Waals surface area contributed by atoms with Gasteiger partial charge in [-0.2, -0.15) is 9.47 Å². The van der Waals surface area contributed by atoms with Crippen molar-refractivity contribution in [3.05, 3.63) is 30.6 Å². The summed E-state index contributed by atoms with van der Waals surface area (Å²) in [6.45, 7) is 1.86. The maximum absolute atomic E-state index is 5.99. The highest BCUT2D eigenvalue weighted by molar-refractivity contribution is 7.09. The predicted molar refractivity (Wildman–Crippen MR) is 102 cm³/mol. The van der Waals surface area contributed by atoms with Gasteiger partial charge in [-0.15, -0.1) is 0 Å². The molecular weight excluding hydrogens is 362 g/mol. The van der Waals surface area contributed by atoms with Crippen molar-refractivity contribution in [1.29, 1.82) is 0 Å². The summed E-state index contributed by atoms with van der Waals surface area (Å²) in [6, 6.07) is 0.438. The normalized spacial score (nSPS) is 18.0.